The molecule has 2 bridgehead atoms. The molecule has 0 aromatic rings. The smallest absolute Gasteiger partial charge is 0.330 e. The molecule has 26 heavy (non-hydrogen) atoms. The largest absolute Gasteiger partial charge is 0.478 e. The van der Waals surface area contributed by atoms with Gasteiger partial charge in [0.15, 0.2) is 0 Å². The van der Waals surface area contributed by atoms with Crippen LogP contribution in [0.4, 0.5) is 0 Å². The van der Waals surface area contributed by atoms with Gasteiger partial charge in [0.1, 0.15) is 0 Å². The summed E-state index contributed by atoms with van der Waals surface area (Å²) in [5.74, 6) is -1.58. The van der Waals surface area contributed by atoms with Crippen LogP contribution < -0.4 is 0 Å². The highest BCUT2D eigenvalue weighted by molar-refractivity contribution is 5.86. The van der Waals surface area contributed by atoms with Crippen molar-refractivity contribution in [1.29, 1.82) is 0 Å². The van der Waals surface area contributed by atoms with Crippen LogP contribution in [0.5, 0.6) is 0 Å². The summed E-state index contributed by atoms with van der Waals surface area (Å²) in [4.78, 5) is 23.0. The van der Waals surface area contributed by atoms with E-state index in [1.165, 1.54) is 0 Å². The van der Waals surface area contributed by atoms with E-state index in [9.17, 15) is 30.0 Å². The minimum Gasteiger partial charge on any atom is -0.478 e. The van der Waals surface area contributed by atoms with Crippen LogP contribution in [0.2, 0.25) is 0 Å². The molecule has 3 fully saturated rings. The van der Waals surface area contributed by atoms with Gasteiger partial charge in [0, 0.05) is 16.6 Å². The number of aliphatic hydroxyl groups is 2. The SMILES string of the molecule is C=C(CC12CCC(C1)C1CCC(CO)(CO)C12CC(=C)C(=O)O)C(=O)O. The minimum atomic E-state index is -1.08. The Morgan fingerprint density at radius 1 is 0.923 bits per heavy atom. The second kappa shape index (κ2) is 6.20. The molecule has 0 saturated heterocycles. The summed E-state index contributed by atoms with van der Waals surface area (Å²) >= 11 is 0. The molecule has 4 atom stereocenters. The molecule has 0 aliphatic heterocycles. The Hall–Kier alpha value is -1.66. The summed E-state index contributed by atoms with van der Waals surface area (Å²) in [5.41, 5.74) is -1.75. The van der Waals surface area contributed by atoms with E-state index >= 15 is 0 Å². The average Bonchev–Trinajstić information content (AvgIpc) is 3.22. The van der Waals surface area contributed by atoms with Crippen molar-refractivity contribution in [3.05, 3.63) is 24.3 Å². The summed E-state index contributed by atoms with van der Waals surface area (Å²) in [5, 5.41) is 39.4. The molecule has 0 aromatic carbocycles. The zero-order valence-corrected chi connectivity index (χ0v) is 15.0. The normalized spacial score (nSPS) is 36.7. The van der Waals surface area contributed by atoms with Gasteiger partial charge in [-0.15, -0.1) is 0 Å². The van der Waals surface area contributed by atoms with Crippen LogP contribution in [0.1, 0.15) is 44.9 Å². The monoisotopic (exact) mass is 364 g/mol. The number of carboxylic acids is 2. The van der Waals surface area contributed by atoms with E-state index in [4.69, 9.17) is 0 Å². The molecule has 6 nitrogen and oxygen atoms in total. The van der Waals surface area contributed by atoms with Crippen molar-refractivity contribution < 1.29 is 30.0 Å². The number of hydrogen-bond acceptors (Lipinski definition) is 4. The summed E-state index contributed by atoms with van der Waals surface area (Å²) in [7, 11) is 0. The summed E-state index contributed by atoms with van der Waals surface area (Å²) in [6.07, 6.45) is 4.44. The van der Waals surface area contributed by atoms with E-state index in [-0.39, 0.29) is 43.1 Å². The highest BCUT2D eigenvalue weighted by Crippen LogP contribution is 2.80. The van der Waals surface area contributed by atoms with Gasteiger partial charge in [-0.2, -0.15) is 0 Å². The summed E-state index contributed by atoms with van der Waals surface area (Å²) in [6.45, 7) is 6.99. The second-order valence-corrected chi connectivity index (χ2v) is 8.67. The van der Waals surface area contributed by atoms with Gasteiger partial charge in [0.05, 0.1) is 13.2 Å². The van der Waals surface area contributed by atoms with Gasteiger partial charge in [0.25, 0.3) is 0 Å². The van der Waals surface area contributed by atoms with Crippen LogP contribution in [0, 0.1) is 28.1 Å². The third-order valence-corrected chi connectivity index (χ3v) is 7.93. The molecule has 3 rings (SSSR count). The van der Waals surface area contributed by atoms with E-state index in [0.29, 0.717) is 12.3 Å². The predicted molar refractivity (Wildman–Crippen MR) is 94.3 cm³/mol. The zero-order valence-electron chi connectivity index (χ0n) is 15.0. The van der Waals surface area contributed by atoms with Crippen LogP contribution in [0.15, 0.2) is 24.3 Å². The number of rotatable bonds is 8. The lowest BCUT2D eigenvalue weighted by molar-refractivity contribution is -0.143. The molecule has 4 unspecified atom stereocenters. The van der Waals surface area contributed by atoms with Crippen molar-refractivity contribution in [2.24, 2.45) is 28.1 Å². The van der Waals surface area contributed by atoms with Gasteiger partial charge in [-0.1, -0.05) is 13.2 Å². The first kappa shape index (κ1) is 19.1. The number of aliphatic carboxylic acids is 2. The lowest BCUT2D eigenvalue weighted by Crippen LogP contribution is -2.55. The van der Waals surface area contributed by atoms with Crippen molar-refractivity contribution in [2.45, 2.75) is 44.9 Å². The molecule has 3 saturated carbocycles. The minimum absolute atomic E-state index is 0.0658. The molecule has 4 N–H and O–H groups in total. The van der Waals surface area contributed by atoms with Crippen molar-refractivity contribution in [3.63, 3.8) is 0 Å². The molecule has 6 heteroatoms. The highest BCUT2D eigenvalue weighted by Gasteiger charge is 2.75. The molecule has 0 amide bonds. The predicted octanol–water partition coefficient (Wildman–Crippen LogP) is 2.22. The first-order valence-corrected chi connectivity index (χ1v) is 9.22. The van der Waals surface area contributed by atoms with E-state index in [1.807, 2.05) is 0 Å². The zero-order chi connectivity index (χ0) is 19.3. The summed E-state index contributed by atoms with van der Waals surface area (Å²) < 4.78 is 0. The maximum absolute atomic E-state index is 11.6. The first-order chi connectivity index (χ1) is 12.2. The van der Waals surface area contributed by atoms with Gasteiger partial charge in [-0.3, -0.25) is 0 Å². The quantitative estimate of drug-likeness (QED) is 0.491. The third kappa shape index (κ3) is 2.24. The number of carbonyl (C=O) groups is 2. The molecule has 0 heterocycles. The first-order valence-electron chi connectivity index (χ1n) is 9.22. The molecular weight excluding hydrogens is 336 g/mol. The molecule has 3 aliphatic carbocycles. The van der Waals surface area contributed by atoms with E-state index in [1.54, 1.807) is 0 Å². The fourth-order valence-corrected chi connectivity index (χ4v) is 7.02. The number of fused-ring (bicyclic) bond motifs is 5. The molecule has 0 spiro atoms. The van der Waals surface area contributed by atoms with Gasteiger partial charge in [-0.05, 0) is 67.6 Å². The molecule has 3 aliphatic rings. The lowest BCUT2D eigenvalue weighted by atomic mass is 9.47. The van der Waals surface area contributed by atoms with Crippen molar-refractivity contribution in [2.75, 3.05) is 13.2 Å². The van der Waals surface area contributed by atoms with Crippen molar-refractivity contribution >= 4 is 11.9 Å². The van der Waals surface area contributed by atoms with Gasteiger partial charge in [0.2, 0.25) is 0 Å². The van der Waals surface area contributed by atoms with Crippen molar-refractivity contribution in [1.82, 2.24) is 0 Å². The Kier molecular flexibility index (Phi) is 4.56. The maximum Gasteiger partial charge on any atom is 0.330 e. The maximum atomic E-state index is 11.6. The van der Waals surface area contributed by atoms with Crippen LogP contribution in [0.25, 0.3) is 0 Å². The number of hydrogen-bond donors (Lipinski definition) is 4. The van der Waals surface area contributed by atoms with Crippen LogP contribution >= 0.6 is 0 Å². The fraction of sp³-hybridized carbons (Fsp3) is 0.700. The van der Waals surface area contributed by atoms with Gasteiger partial charge < -0.3 is 20.4 Å². The Bertz CT molecular complexity index is 663. The van der Waals surface area contributed by atoms with E-state index in [0.717, 1.165) is 25.7 Å². The van der Waals surface area contributed by atoms with Crippen LogP contribution in [0.3, 0.4) is 0 Å². The Morgan fingerprint density at radius 3 is 2.04 bits per heavy atom. The topological polar surface area (TPSA) is 115 Å². The second-order valence-electron chi connectivity index (χ2n) is 8.67. The van der Waals surface area contributed by atoms with Crippen molar-refractivity contribution in [3.8, 4) is 0 Å². The van der Waals surface area contributed by atoms with E-state index in [2.05, 4.69) is 13.2 Å². The standard InChI is InChI=1S/C20H28O6/c1-12(16(23)24)7-18-5-3-14(9-18)15-4-6-19(10-21,11-22)20(15,18)8-13(2)17(25)26/h14-15,21-22H,1-11H2,(H,23,24)(H,25,26). The molecular formula is C20H28O6. The highest BCUT2D eigenvalue weighted by atomic mass is 16.4. The number of carboxylic acid groups (broad SMARTS) is 2. The van der Waals surface area contributed by atoms with Gasteiger partial charge >= 0.3 is 11.9 Å². The fourth-order valence-electron chi connectivity index (χ4n) is 7.02. The Balaban J connectivity index is 2.15. The van der Waals surface area contributed by atoms with Gasteiger partial charge in [-0.25, -0.2) is 9.59 Å². The average molecular weight is 364 g/mol. The number of aliphatic hydroxyl groups excluding tert-OH is 2. The van der Waals surface area contributed by atoms with Crippen LogP contribution in [-0.2, 0) is 9.59 Å². The molecule has 0 radical (unpaired) electrons. The molecule has 0 aromatic heterocycles. The van der Waals surface area contributed by atoms with E-state index < -0.39 is 28.2 Å². The Morgan fingerprint density at radius 2 is 1.50 bits per heavy atom. The molecule has 144 valence electrons. The lowest BCUT2D eigenvalue weighted by Gasteiger charge is -2.57. The third-order valence-electron chi connectivity index (χ3n) is 7.93. The summed E-state index contributed by atoms with van der Waals surface area (Å²) in [6, 6.07) is 0. The Labute approximate surface area is 153 Å². The van der Waals surface area contributed by atoms with Crippen LogP contribution in [-0.4, -0.2) is 45.6 Å².